The van der Waals surface area contributed by atoms with Crippen molar-refractivity contribution in [1.29, 1.82) is 0 Å². The molecule has 1 aliphatic rings. The first-order valence-electron chi connectivity index (χ1n) is 6.67. The van der Waals surface area contributed by atoms with Gasteiger partial charge in [0.15, 0.2) is 0 Å². The topological polar surface area (TPSA) is 21.6 Å². The van der Waals surface area contributed by atoms with Crippen molar-refractivity contribution < 1.29 is 4.84 Å². The minimum absolute atomic E-state index is 0.502. The smallest absolute Gasteiger partial charge is 0.142 e. The standard InChI is InChI=1S/C16H20NO/c1-2-14-8-10-16(11-9-14)13-18-17-12-15-6-4-3-5-7-15/h2,8-11,15H,1,3-7,13H2. The van der Waals surface area contributed by atoms with Crippen molar-refractivity contribution in [2.45, 2.75) is 38.7 Å². The van der Waals surface area contributed by atoms with Gasteiger partial charge in [-0.05, 0) is 24.0 Å². The van der Waals surface area contributed by atoms with Crippen LogP contribution in [0.4, 0.5) is 0 Å². The summed E-state index contributed by atoms with van der Waals surface area (Å²) in [6, 6.07) is 8.13. The molecule has 0 spiro atoms. The van der Waals surface area contributed by atoms with Crippen molar-refractivity contribution in [3.63, 3.8) is 0 Å². The van der Waals surface area contributed by atoms with Crippen molar-refractivity contribution in [3.8, 4) is 0 Å². The molecule has 0 atom stereocenters. The second kappa shape index (κ2) is 7.00. The molecule has 2 nitrogen and oxygen atoms in total. The summed E-state index contributed by atoms with van der Waals surface area (Å²) in [6.45, 7) is 4.24. The zero-order valence-corrected chi connectivity index (χ0v) is 10.8. The summed E-state index contributed by atoms with van der Waals surface area (Å²) in [4.78, 5) is 5.28. The Labute approximate surface area is 109 Å². The van der Waals surface area contributed by atoms with Crippen LogP contribution in [0.25, 0.3) is 6.08 Å². The van der Waals surface area contributed by atoms with Gasteiger partial charge in [-0.3, -0.25) is 0 Å². The van der Waals surface area contributed by atoms with E-state index in [2.05, 4.69) is 17.9 Å². The summed E-state index contributed by atoms with van der Waals surface area (Å²) >= 11 is 0. The lowest BCUT2D eigenvalue weighted by atomic mass is 9.90. The van der Waals surface area contributed by atoms with E-state index in [9.17, 15) is 0 Å². The van der Waals surface area contributed by atoms with Gasteiger partial charge >= 0.3 is 0 Å². The largest absolute Gasteiger partial charge is 0.391 e. The molecule has 0 saturated heterocycles. The SMILES string of the molecule is C=Cc1ccc(CO/N=[C]\C2CCCCC2)cc1. The lowest BCUT2D eigenvalue weighted by Gasteiger charge is -2.15. The molecule has 95 valence electrons. The Kier molecular flexibility index (Phi) is 5.00. The van der Waals surface area contributed by atoms with Crippen LogP contribution in [0, 0.1) is 5.92 Å². The first-order chi connectivity index (χ1) is 8.88. The average molecular weight is 242 g/mol. The number of rotatable bonds is 5. The second-order valence-corrected chi connectivity index (χ2v) is 4.77. The summed E-state index contributed by atoms with van der Waals surface area (Å²) in [7, 11) is 0. The van der Waals surface area contributed by atoms with Gasteiger partial charge in [0.1, 0.15) is 12.8 Å². The summed E-state index contributed by atoms with van der Waals surface area (Å²) in [5.74, 6) is 0.502. The van der Waals surface area contributed by atoms with Crippen LogP contribution in [0.2, 0.25) is 0 Å². The van der Waals surface area contributed by atoms with E-state index in [1.807, 2.05) is 30.3 Å². The van der Waals surface area contributed by atoms with Crippen LogP contribution in [-0.4, -0.2) is 6.21 Å². The molecule has 2 rings (SSSR count). The van der Waals surface area contributed by atoms with Gasteiger partial charge in [0.05, 0.1) is 0 Å². The van der Waals surface area contributed by atoms with Gasteiger partial charge in [0, 0.05) is 5.92 Å². The van der Waals surface area contributed by atoms with Gasteiger partial charge in [-0.2, -0.15) is 0 Å². The van der Waals surface area contributed by atoms with Crippen LogP contribution >= 0.6 is 0 Å². The normalized spacial score (nSPS) is 16.9. The van der Waals surface area contributed by atoms with Crippen molar-refractivity contribution in [2.24, 2.45) is 11.1 Å². The van der Waals surface area contributed by atoms with Gasteiger partial charge < -0.3 is 4.84 Å². The summed E-state index contributed by atoms with van der Waals surface area (Å²) in [6.07, 6.45) is 11.3. The minimum Gasteiger partial charge on any atom is -0.391 e. The molecule has 0 bridgehead atoms. The number of hydrogen-bond donors (Lipinski definition) is 0. The zero-order chi connectivity index (χ0) is 12.6. The highest BCUT2D eigenvalue weighted by Crippen LogP contribution is 2.21. The molecule has 0 aliphatic heterocycles. The van der Waals surface area contributed by atoms with Gasteiger partial charge in [-0.25, -0.2) is 0 Å². The Morgan fingerprint density at radius 1 is 1.22 bits per heavy atom. The molecule has 2 heteroatoms. The van der Waals surface area contributed by atoms with Crippen molar-refractivity contribution in [2.75, 3.05) is 0 Å². The van der Waals surface area contributed by atoms with Gasteiger partial charge in [-0.1, -0.05) is 61.3 Å². The van der Waals surface area contributed by atoms with Crippen molar-refractivity contribution in [1.82, 2.24) is 0 Å². The van der Waals surface area contributed by atoms with E-state index in [1.165, 1.54) is 32.1 Å². The third-order valence-corrected chi connectivity index (χ3v) is 3.35. The van der Waals surface area contributed by atoms with E-state index in [0.717, 1.165) is 11.1 Å². The number of benzene rings is 1. The fourth-order valence-corrected chi connectivity index (χ4v) is 2.20. The molecule has 1 aromatic rings. The molecule has 1 aromatic carbocycles. The molecule has 1 fully saturated rings. The lowest BCUT2D eigenvalue weighted by molar-refractivity contribution is 0.130. The zero-order valence-electron chi connectivity index (χ0n) is 10.8. The van der Waals surface area contributed by atoms with E-state index < -0.39 is 0 Å². The molecule has 0 heterocycles. The monoisotopic (exact) mass is 242 g/mol. The van der Waals surface area contributed by atoms with Crippen LogP contribution in [-0.2, 0) is 11.4 Å². The molecule has 0 unspecified atom stereocenters. The summed E-state index contributed by atoms with van der Waals surface area (Å²) < 4.78 is 0. The maximum Gasteiger partial charge on any atom is 0.142 e. The maximum absolute atomic E-state index is 5.28. The predicted octanol–water partition coefficient (Wildman–Crippen LogP) is 4.29. The maximum atomic E-state index is 5.28. The Hall–Kier alpha value is -1.57. The Morgan fingerprint density at radius 2 is 1.94 bits per heavy atom. The molecular formula is C16H20NO. The van der Waals surface area contributed by atoms with E-state index >= 15 is 0 Å². The van der Waals surface area contributed by atoms with Crippen molar-refractivity contribution in [3.05, 3.63) is 42.0 Å². The minimum atomic E-state index is 0.502. The van der Waals surface area contributed by atoms with Crippen LogP contribution in [0.1, 0.15) is 43.2 Å². The highest BCUT2D eigenvalue weighted by Gasteiger charge is 2.11. The fourth-order valence-electron chi connectivity index (χ4n) is 2.20. The summed E-state index contributed by atoms with van der Waals surface area (Å²) in [5, 5.41) is 3.96. The predicted molar refractivity (Wildman–Crippen MR) is 75.3 cm³/mol. The third kappa shape index (κ3) is 4.02. The Bertz CT molecular complexity index is 388. The molecule has 0 N–H and O–H groups in total. The van der Waals surface area contributed by atoms with Crippen LogP contribution in [0.5, 0.6) is 0 Å². The highest BCUT2D eigenvalue weighted by atomic mass is 16.6. The molecule has 18 heavy (non-hydrogen) atoms. The van der Waals surface area contributed by atoms with E-state index in [-0.39, 0.29) is 0 Å². The van der Waals surface area contributed by atoms with Crippen LogP contribution < -0.4 is 0 Å². The Balaban J connectivity index is 1.73. The number of nitrogens with zero attached hydrogens (tertiary/aromatic N) is 1. The van der Waals surface area contributed by atoms with Crippen LogP contribution in [0.3, 0.4) is 0 Å². The lowest BCUT2D eigenvalue weighted by Crippen LogP contribution is -2.07. The van der Waals surface area contributed by atoms with Crippen molar-refractivity contribution >= 4 is 12.3 Å². The molecule has 0 aromatic heterocycles. The Morgan fingerprint density at radius 3 is 2.61 bits per heavy atom. The fraction of sp³-hybridized carbons (Fsp3) is 0.438. The number of hydrogen-bond acceptors (Lipinski definition) is 2. The molecule has 1 saturated carbocycles. The first-order valence-corrected chi connectivity index (χ1v) is 6.67. The van der Waals surface area contributed by atoms with Gasteiger partial charge in [-0.15, -0.1) is 0 Å². The average Bonchev–Trinajstić information content (AvgIpc) is 2.45. The second-order valence-electron chi connectivity index (χ2n) is 4.77. The van der Waals surface area contributed by atoms with E-state index in [1.54, 1.807) is 0 Å². The molecular weight excluding hydrogens is 222 g/mol. The van der Waals surface area contributed by atoms with Gasteiger partial charge in [0.25, 0.3) is 0 Å². The molecule has 1 aliphatic carbocycles. The highest BCUT2D eigenvalue weighted by molar-refractivity contribution is 5.59. The third-order valence-electron chi connectivity index (χ3n) is 3.35. The van der Waals surface area contributed by atoms with E-state index in [0.29, 0.717) is 12.5 Å². The first kappa shape index (κ1) is 12.9. The van der Waals surface area contributed by atoms with E-state index in [4.69, 9.17) is 4.84 Å². The quantitative estimate of drug-likeness (QED) is 0.557. The van der Waals surface area contributed by atoms with Crippen LogP contribution in [0.15, 0.2) is 36.0 Å². The summed E-state index contributed by atoms with van der Waals surface area (Å²) in [5.41, 5.74) is 2.24. The molecule has 1 radical (unpaired) electrons. The van der Waals surface area contributed by atoms with Gasteiger partial charge in [0.2, 0.25) is 0 Å². The molecule has 0 amide bonds.